The quantitative estimate of drug-likeness (QED) is 0.279. The Hall–Kier alpha value is -3.61. The van der Waals surface area contributed by atoms with Crippen LogP contribution in [0.25, 0.3) is 0 Å². The number of aromatic nitrogens is 1. The van der Waals surface area contributed by atoms with Gasteiger partial charge in [0.15, 0.2) is 5.89 Å². The molecule has 1 aliphatic carbocycles. The lowest BCUT2D eigenvalue weighted by molar-refractivity contribution is -0.137. The van der Waals surface area contributed by atoms with E-state index in [2.05, 4.69) is 18.5 Å². The minimum Gasteiger partial charge on any atom is -0.493 e. The first kappa shape index (κ1) is 27.0. The lowest BCUT2D eigenvalue weighted by Gasteiger charge is -2.17. The van der Waals surface area contributed by atoms with Crippen molar-refractivity contribution >= 4 is 11.9 Å². The van der Waals surface area contributed by atoms with Crippen molar-refractivity contribution in [3.8, 4) is 5.75 Å². The number of amides is 1. The standard InChI is InChI=1S/C29H36N2O5/c1-4-9-21(5-2)28(34)30-19-24-18-25(14-12-22(24)13-15-27(32)33)35-17-16-26-20(3)36-29(31-26)23-10-7-6-8-11-23/h4-5,9,12,14,18,23H,1-2,6-8,10-11,13,15-17,19H2,3H3,(H,30,34)(H,32,33)/b21-9+. The van der Waals surface area contributed by atoms with Gasteiger partial charge in [0.25, 0.3) is 5.91 Å². The number of aryl methyl sites for hydroxylation is 2. The molecule has 0 bridgehead atoms. The van der Waals surface area contributed by atoms with Crippen LogP contribution in [0.15, 0.2) is 59.6 Å². The molecule has 192 valence electrons. The molecule has 2 N–H and O–H groups in total. The van der Waals surface area contributed by atoms with Crippen molar-refractivity contribution in [1.29, 1.82) is 0 Å². The van der Waals surface area contributed by atoms with Gasteiger partial charge in [-0.15, -0.1) is 0 Å². The van der Waals surface area contributed by atoms with E-state index in [1.165, 1.54) is 31.4 Å². The average molecular weight is 493 g/mol. The van der Waals surface area contributed by atoms with E-state index in [0.29, 0.717) is 36.7 Å². The van der Waals surface area contributed by atoms with Crippen LogP contribution in [0, 0.1) is 6.92 Å². The third-order valence-electron chi connectivity index (χ3n) is 6.48. The van der Waals surface area contributed by atoms with Crippen molar-refractivity contribution in [2.24, 2.45) is 0 Å². The van der Waals surface area contributed by atoms with Crippen LogP contribution in [0.1, 0.15) is 72.9 Å². The van der Waals surface area contributed by atoms with Crippen LogP contribution in [0.5, 0.6) is 5.75 Å². The smallest absolute Gasteiger partial charge is 0.303 e. The Morgan fingerprint density at radius 3 is 2.67 bits per heavy atom. The Balaban J connectivity index is 1.64. The summed E-state index contributed by atoms with van der Waals surface area (Å²) in [6.07, 6.45) is 11.6. The molecule has 3 rings (SSSR count). The number of oxazole rings is 1. The highest BCUT2D eigenvalue weighted by molar-refractivity contribution is 5.96. The number of hydrogen-bond acceptors (Lipinski definition) is 5. The van der Waals surface area contributed by atoms with Gasteiger partial charge in [-0.1, -0.05) is 56.7 Å². The molecule has 1 saturated carbocycles. The zero-order valence-electron chi connectivity index (χ0n) is 21.1. The summed E-state index contributed by atoms with van der Waals surface area (Å²) < 4.78 is 12.0. The number of hydrogen-bond donors (Lipinski definition) is 2. The summed E-state index contributed by atoms with van der Waals surface area (Å²) in [5.74, 6) is 1.62. The van der Waals surface area contributed by atoms with Gasteiger partial charge in [-0.05, 0) is 49.4 Å². The maximum absolute atomic E-state index is 12.4. The average Bonchev–Trinajstić information content (AvgIpc) is 3.25. The number of nitrogens with one attached hydrogen (secondary N) is 1. The molecule has 2 aromatic rings. The molecule has 1 aliphatic rings. The van der Waals surface area contributed by atoms with Crippen LogP contribution in [-0.4, -0.2) is 28.6 Å². The summed E-state index contributed by atoms with van der Waals surface area (Å²) in [5.41, 5.74) is 2.98. The van der Waals surface area contributed by atoms with Crippen molar-refractivity contribution in [1.82, 2.24) is 10.3 Å². The van der Waals surface area contributed by atoms with E-state index in [4.69, 9.17) is 19.2 Å². The summed E-state index contributed by atoms with van der Waals surface area (Å²) in [6, 6.07) is 5.54. The third-order valence-corrected chi connectivity index (χ3v) is 6.48. The molecule has 0 radical (unpaired) electrons. The van der Waals surface area contributed by atoms with Crippen molar-refractivity contribution < 1.29 is 23.8 Å². The van der Waals surface area contributed by atoms with Gasteiger partial charge in [-0.25, -0.2) is 4.98 Å². The maximum atomic E-state index is 12.4. The molecule has 0 atom stereocenters. The second-order valence-corrected chi connectivity index (χ2v) is 9.06. The van der Waals surface area contributed by atoms with E-state index in [0.717, 1.165) is 41.3 Å². The van der Waals surface area contributed by atoms with Crippen molar-refractivity contribution in [2.75, 3.05) is 6.61 Å². The van der Waals surface area contributed by atoms with Crippen LogP contribution in [-0.2, 0) is 29.0 Å². The molecule has 1 fully saturated rings. The predicted octanol–water partition coefficient (Wildman–Crippen LogP) is 5.58. The number of aliphatic carboxylic acids is 1. The second kappa shape index (κ2) is 13.5. The van der Waals surface area contributed by atoms with E-state index in [9.17, 15) is 9.59 Å². The van der Waals surface area contributed by atoms with Gasteiger partial charge in [0.05, 0.1) is 12.3 Å². The fourth-order valence-corrected chi connectivity index (χ4v) is 4.46. The first-order valence-electron chi connectivity index (χ1n) is 12.6. The van der Waals surface area contributed by atoms with Crippen LogP contribution in [0.2, 0.25) is 0 Å². The fraction of sp³-hybridized carbons (Fsp3) is 0.414. The van der Waals surface area contributed by atoms with Gasteiger partial charge < -0.3 is 19.6 Å². The van der Waals surface area contributed by atoms with E-state index in [-0.39, 0.29) is 18.9 Å². The second-order valence-electron chi connectivity index (χ2n) is 9.06. The number of benzene rings is 1. The minimum absolute atomic E-state index is 0.00415. The minimum atomic E-state index is -0.872. The maximum Gasteiger partial charge on any atom is 0.303 e. The number of carbonyl (C=O) groups excluding carboxylic acids is 1. The Bertz CT molecular complexity index is 1110. The highest BCUT2D eigenvalue weighted by atomic mass is 16.5. The largest absolute Gasteiger partial charge is 0.493 e. The molecule has 1 heterocycles. The SMILES string of the molecule is C=C/C=C(\C=C)C(=O)NCc1cc(OCCc2nc(C3CCCCC3)oc2C)ccc1CCC(=O)O. The molecule has 1 aromatic carbocycles. The number of ether oxygens (including phenoxy) is 1. The molecule has 1 aromatic heterocycles. The summed E-state index contributed by atoms with van der Waals surface area (Å²) in [7, 11) is 0. The van der Waals surface area contributed by atoms with Gasteiger partial charge in [-0.3, -0.25) is 9.59 Å². The van der Waals surface area contributed by atoms with E-state index < -0.39 is 5.97 Å². The Morgan fingerprint density at radius 2 is 1.97 bits per heavy atom. The van der Waals surface area contributed by atoms with Gasteiger partial charge >= 0.3 is 5.97 Å². The fourth-order valence-electron chi connectivity index (χ4n) is 4.46. The molecule has 7 heteroatoms. The van der Waals surface area contributed by atoms with Crippen LogP contribution in [0.4, 0.5) is 0 Å². The molecular weight excluding hydrogens is 456 g/mol. The van der Waals surface area contributed by atoms with Gasteiger partial charge in [0.2, 0.25) is 0 Å². The van der Waals surface area contributed by atoms with E-state index in [1.807, 2.05) is 25.1 Å². The zero-order valence-corrected chi connectivity index (χ0v) is 21.1. The summed E-state index contributed by atoms with van der Waals surface area (Å²) in [6.45, 7) is 9.88. The predicted molar refractivity (Wildman–Crippen MR) is 139 cm³/mol. The molecule has 0 spiro atoms. The Kier molecular flexibility index (Phi) is 10.1. The van der Waals surface area contributed by atoms with Crippen LogP contribution in [0.3, 0.4) is 0 Å². The number of nitrogens with zero attached hydrogens (tertiary/aromatic N) is 1. The zero-order chi connectivity index (χ0) is 25.9. The van der Waals surface area contributed by atoms with Gasteiger partial charge in [0.1, 0.15) is 11.5 Å². The highest BCUT2D eigenvalue weighted by Gasteiger charge is 2.22. The lowest BCUT2D eigenvalue weighted by atomic mass is 9.89. The molecule has 0 aliphatic heterocycles. The van der Waals surface area contributed by atoms with Crippen molar-refractivity contribution in [3.05, 3.63) is 83.6 Å². The van der Waals surface area contributed by atoms with Crippen molar-refractivity contribution in [2.45, 2.75) is 70.8 Å². The molecule has 7 nitrogen and oxygen atoms in total. The molecule has 0 unspecified atom stereocenters. The monoisotopic (exact) mass is 492 g/mol. The molecule has 1 amide bonds. The summed E-state index contributed by atoms with van der Waals surface area (Å²) in [5, 5.41) is 12.0. The summed E-state index contributed by atoms with van der Waals surface area (Å²) in [4.78, 5) is 28.3. The number of carboxylic acid groups (broad SMARTS) is 1. The highest BCUT2D eigenvalue weighted by Crippen LogP contribution is 2.33. The number of rotatable bonds is 13. The number of allylic oxidation sites excluding steroid dienone is 2. The van der Waals surface area contributed by atoms with E-state index >= 15 is 0 Å². The number of carboxylic acids is 1. The first-order valence-corrected chi connectivity index (χ1v) is 12.6. The topological polar surface area (TPSA) is 102 Å². The summed E-state index contributed by atoms with van der Waals surface area (Å²) >= 11 is 0. The van der Waals surface area contributed by atoms with E-state index in [1.54, 1.807) is 6.08 Å². The van der Waals surface area contributed by atoms with Crippen molar-refractivity contribution in [3.63, 3.8) is 0 Å². The molecular formula is C29H36N2O5. The Labute approximate surface area is 213 Å². The molecule has 36 heavy (non-hydrogen) atoms. The van der Waals surface area contributed by atoms with Crippen LogP contribution < -0.4 is 10.1 Å². The van der Waals surface area contributed by atoms with Gasteiger partial charge in [-0.2, -0.15) is 0 Å². The molecule has 0 saturated heterocycles. The van der Waals surface area contributed by atoms with Crippen LogP contribution >= 0.6 is 0 Å². The lowest BCUT2D eigenvalue weighted by Crippen LogP contribution is -2.24. The number of carbonyl (C=O) groups is 2. The Morgan fingerprint density at radius 1 is 1.19 bits per heavy atom. The van der Waals surface area contributed by atoms with Gasteiger partial charge in [0, 0.05) is 30.9 Å². The first-order chi connectivity index (χ1) is 17.4. The third kappa shape index (κ3) is 7.70. The normalized spacial score (nSPS) is 14.3.